The van der Waals surface area contributed by atoms with Crippen LogP contribution < -0.4 is 0 Å². The molecule has 4 nitrogen and oxygen atoms in total. The van der Waals surface area contributed by atoms with Gasteiger partial charge < -0.3 is 4.74 Å². The van der Waals surface area contributed by atoms with Crippen molar-refractivity contribution in [3.05, 3.63) is 36.2 Å². The first-order valence-corrected chi connectivity index (χ1v) is 9.11. The largest absolute Gasteiger partial charge is 0.377 e. The minimum absolute atomic E-state index is 0.00634. The van der Waals surface area contributed by atoms with Gasteiger partial charge in [0.2, 0.25) is 0 Å². The number of rotatable bonds is 11. The van der Waals surface area contributed by atoms with Crippen LogP contribution in [0.25, 0.3) is 0 Å². The number of unbranched alkanes of at least 4 members (excludes halogenated alkanes) is 3. The fraction of sp³-hybridized carbons (Fsp3) is 0.684. The first-order chi connectivity index (χ1) is 11.3. The summed E-state index contributed by atoms with van der Waals surface area (Å²) in [4.78, 5) is 0. The highest BCUT2D eigenvalue weighted by Crippen LogP contribution is 2.39. The van der Waals surface area contributed by atoms with Crippen molar-refractivity contribution >= 4 is 0 Å². The Morgan fingerprint density at radius 3 is 2.78 bits per heavy atom. The fourth-order valence-corrected chi connectivity index (χ4v) is 3.37. The topological polar surface area (TPSA) is 50.8 Å². The van der Waals surface area contributed by atoms with Gasteiger partial charge in [-0.25, -0.2) is 0 Å². The number of aromatic amines is 1. The summed E-state index contributed by atoms with van der Waals surface area (Å²) in [5.74, 6) is 0. The van der Waals surface area contributed by atoms with Gasteiger partial charge in [-0.1, -0.05) is 63.8 Å². The van der Waals surface area contributed by atoms with Crippen LogP contribution in [0.15, 0.2) is 30.5 Å². The third kappa shape index (κ3) is 5.31. The Morgan fingerprint density at radius 2 is 2.13 bits per heavy atom. The molecule has 0 radical (unpaired) electrons. The number of hydrogen-bond acceptors (Lipinski definition) is 3. The highest BCUT2D eigenvalue weighted by molar-refractivity contribution is 5.21. The van der Waals surface area contributed by atoms with Crippen LogP contribution in [-0.2, 0) is 11.2 Å². The minimum Gasteiger partial charge on any atom is -0.377 e. The summed E-state index contributed by atoms with van der Waals surface area (Å²) in [6, 6.07) is 0. The number of hydrogen-bond donors (Lipinski definition) is 1. The van der Waals surface area contributed by atoms with Gasteiger partial charge in [-0.3, -0.25) is 0 Å². The zero-order valence-corrected chi connectivity index (χ0v) is 14.6. The zero-order valence-electron chi connectivity index (χ0n) is 14.6. The molecule has 2 rings (SSSR count). The van der Waals surface area contributed by atoms with Gasteiger partial charge in [-0.2, -0.15) is 15.4 Å². The molecule has 1 heterocycles. The Morgan fingerprint density at radius 1 is 1.22 bits per heavy atom. The van der Waals surface area contributed by atoms with E-state index < -0.39 is 0 Å². The summed E-state index contributed by atoms with van der Waals surface area (Å²) < 4.78 is 6.38. The number of nitrogens with one attached hydrogen (secondary N) is 1. The second-order valence-electron chi connectivity index (χ2n) is 6.57. The Bertz CT molecular complexity index is 481. The van der Waals surface area contributed by atoms with E-state index >= 15 is 0 Å². The van der Waals surface area contributed by atoms with Crippen LogP contribution in [0.3, 0.4) is 0 Å². The molecule has 0 amide bonds. The van der Waals surface area contributed by atoms with E-state index in [1.807, 2.05) is 6.20 Å². The quantitative estimate of drug-likeness (QED) is 0.606. The predicted molar refractivity (Wildman–Crippen MR) is 94.2 cm³/mol. The molecule has 0 aromatic carbocycles. The Hall–Kier alpha value is -1.42. The molecule has 1 aromatic rings. The van der Waals surface area contributed by atoms with E-state index in [-0.39, 0.29) is 11.5 Å². The highest BCUT2D eigenvalue weighted by Gasteiger charge is 2.37. The molecule has 1 N–H and O–H groups in total. The van der Waals surface area contributed by atoms with Crippen molar-refractivity contribution in [2.24, 2.45) is 5.41 Å². The lowest BCUT2D eigenvalue weighted by Crippen LogP contribution is -2.38. The van der Waals surface area contributed by atoms with Crippen molar-refractivity contribution in [1.29, 1.82) is 0 Å². The maximum Gasteiger partial charge on any atom is 0.0834 e. The van der Waals surface area contributed by atoms with E-state index in [4.69, 9.17) is 4.74 Å². The van der Waals surface area contributed by atoms with Gasteiger partial charge in [0, 0.05) is 18.4 Å². The summed E-state index contributed by atoms with van der Waals surface area (Å²) in [6.45, 7) is 5.34. The van der Waals surface area contributed by atoms with E-state index in [1.165, 1.54) is 19.3 Å². The lowest BCUT2D eigenvalue weighted by atomic mass is 9.72. The maximum atomic E-state index is 6.38. The zero-order chi connectivity index (χ0) is 16.4. The van der Waals surface area contributed by atoms with Gasteiger partial charge in [0.25, 0.3) is 0 Å². The summed E-state index contributed by atoms with van der Waals surface area (Å²) in [5, 5.41) is 11.0. The van der Waals surface area contributed by atoms with Crippen LogP contribution in [0.2, 0.25) is 0 Å². The predicted octanol–water partition coefficient (Wildman–Crippen LogP) is 4.62. The van der Waals surface area contributed by atoms with Crippen molar-refractivity contribution in [2.75, 3.05) is 6.61 Å². The lowest BCUT2D eigenvalue weighted by Gasteiger charge is -2.38. The molecule has 4 heteroatoms. The second-order valence-corrected chi connectivity index (χ2v) is 6.57. The Labute approximate surface area is 140 Å². The Kier molecular flexibility index (Phi) is 7.53. The van der Waals surface area contributed by atoms with Gasteiger partial charge >= 0.3 is 0 Å². The fourth-order valence-electron chi connectivity index (χ4n) is 3.37. The molecule has 1 aliphatic rings. The molecular weight excluding hydrogens is 286 g/mol. The van der Waals surface area contributed by atoms with Gasteiger partial charge in [0.15, 0.2) is 0 Å². The average molecular weight is 317 g/mol. The molecule has 0 saturated carbocycles. The molecule has 0 saturated heterocycles. The SMILES string of the molecule is CCCCCCOC(CCC)C1(Cc2cn[nH]n2)C=CC=CC1. The van der Waals surface area contributed by atoms with E-state index in [9.17, 15) is 0 Å². The second kappa shape index (κ2) is 9.66. The molecule has 0 spiro atoms. The standard InChI is InChI=1S/C19H31N3O/c1-3-5-6-10-14-23-18(11-4-2)19(12-8-7-9-13-19)15-17-16-20-22-21-17/h7-9,12,16,18H,3-6,10-11,13-15H2,1-2H3,(H,20,21,22). The lowest BCUT2D eigenvalue weighted by molar-refractivity contribution is -0.0269. The van der Waals surface area contributed by atoms with Gasteiger partial charge in [-0.05, 0) is 19.3 Å². The molecule has 1 aromatic heterocycles. The summed E-state index contributed by atoms with van der Waals surface area (Å²) in [7, 11) is 0. The van der Waals surface area contributed by atoms with Crippen molar-refractivity contribution in [3.8, 4) is 0 Å². The first-order valence-electron chi connectivity index (χ1n) is 9.11. The summed E-state index contributed by atoms with van der Waals surface area (Å²) in [6.07, 6.45) is 20.0. The van der Waals surface area contributed by atoms with Crippen LogP contribution in [0.1, 0.15) is 64.5 Å². The van der Waals surface area contributed by atoms with E-state index in [0.717, 1.165) is 44.4 Å². The third-order valence-electron chi connectivity index (χ3n) is 4.66. The first kappa shape index (κ1) is 17.9. The van der Waals surface area contributed by atoms with Gasteiger partial charge in [0.1, 0.15) is 0 Å². The number of ether oxygens (including phenoxy) is 1. The number of allylic oxidation sites excluding steroid dienone is 3. The maximum absolute atomic E-state index is 6.38. The van der Waals surface area contributed by atoms with Crippen molar-refractivity contribution < 1.29 is 4.74 Å². The smallest absolute Gasteiger partial charge is 0.0834 e. The molecule has 1 aliphatic carbocycles. The molecule has 2 atom stereocenters. The Balaban J connectivity index is 2.03. The number of H-pyrrole nitrogens is 1. The third-order valence-corrected chi connectivity index (χ3v) is 4.66. The molecule has 23 heavy (non-hydrogen) atoms. The van der Waals surface area contributed by atoms with Crippen molar-refractivity contribution in [2.45, 2.75) is 71.3 Å². The molecule has 2 unspecified atom stereocenters. The molecule has 0 aliphatic heterocycles. The van der Waals surface area contributed by atoms with Crippen LogP contribution >= 0.6 is 0 Å². The number of nitrogens with zero attached hydrogens (tertiary/aromatic N) is 2. The molecule has 128 valence electrons. The van der Waals surface area contributed by atoms with Crippen molar-refractivity contribution in [1.82, 2.24) is 15.4 Å². The number of aromatic nitrogens is 3. The van der Waals surface area contributed by atoms with Crippen LogP contribution in [-0.4, -0.2) is 28.1 Å². The highest BCUT2D eigenvalue weighted by atomic mass is 16.5. The summed E-state index contributed by atoms with van der Waals surface area (Å²) in [5.41, 5.74) is 1.02. The minimum atomic E-state index is 0.00634. The monoisotopic (exact) mass is 317 g/mol. The van der Waals surface area contributed by atoms with Crippen LogP contribution in [0, 0.1) is 5.41 Å². The molecule has 0 bridgehead atoms. The van der Waals surface area contributed by atoms with Crippen LogP contribution in [0.4, 0.5) is 0 Å². The normalized spacial score (nSPS) is 21.7. The summed E-state index contributed by atoms with van der Waals surface area (Å²) >= 11 is 0. The average Bonchev–Trinajstić information content (AvgIpc) is 3.07. The van der Waals surface area contributed by atoms with Crippen LogP contribution in [0.5, 0.6) is 0 Å². The van der Waals surface area contributed by atoms with E-state index in [0.29, 0.717) is 0 Å². The van der Waals surface area contributed by atoms with E-state index in [2.05, 4.69) is 53.6 Å². The van der Waals surface area contributed by atoms with E-state index in [1.54, 1.807) is 0 Å². The molecular formula is C19H31N3O. The van der Waals surface area contributed by atoms with Gasteiger partial charge in [0.05, 0.1) is 18.0 Å². The van der Waals surface area contributed by atoms with Gasteiger partial charge in [-0.15, -0.1) is 0 Å². The molecule has 0 fully saturated rings. The van der Waals surface area contributed by atoms with Crippen molar-refractivity contribution in [3.63, 3.8) is 0 Å².